The van der Waals surface area contributed by atoms with Crippen LogP contribution in [-0.4, -0.2) is 48.5 Å². The van der Waals surface area contributed by atoms with E-state index in [4.69, 9.17) is 4.98 Å². The molecule has 1 saturated heterocycles. The number of likely N-dealkylation sites (N-methyl/N-ethyl adjacent to an activating group) is 1. The number of rotatable bonds is 2. The highest BCUT2D eigenvalue weighted by atomic mass is 16.1. The number of Topliss-reactive ketones (excluding diaryl/α,β-unsaturated/α-hetero) is 1. The van der Waals surface area contributed by atoms with Gasteiger partial charge in [-0.2, -0.15) is 0 Å². The second-order valence-corrected chi connectivity index (χ2v) is 6.46. The topological polar surface area (TPSA) is 50.5 Å². The van der Waals surface area contributed by atoms with Crippen molar-refractivity contribution >= 4 is 11.7 Å². The Morgan fingerprint density at radius 3 is 2.62 bits per heavy atom. The van der Waals surface area contributed by atoms with Crippen molar-refractivity contribution in [2.75, 3.05) is 37.6 Å². The standard InChI is InChI=1S/C16H24N4O/c1-4-19-5-7-20(8-6-19)16-17-12(3)15-13(18-16)9-11(2)10-14(15)21/h11H,4-10H2,1-3H3/p+1/t11-/m1/s1. The summed E-state index contributed by atoms with van der Waals surface area (Å²) in [6.45, 7) is 11.8. The molecule has 3 rings (SSSR count). The van der Waals surface area contributed by atoms with Gasteiger partial charge in [-0.1, -0.05) is 6.92 Å². The summed E-state index contributed by atoms with van der Waals surface area (Å²) in [6, 6.07) is 0. The van der Waals surface area contributed by atoms with Gasteiger partial charge in [0, 0.05) is 6.42 Å². The zero-order chi connectivity index (χ0) is 15.0. The molecule has 0 saturated carbocycles. The summed E-state index contributed by atoms with van der Waals surface area (Å²) in [5.41, 5.74) is 2.61. The Morgan fingerprint density at radius 1 is 1.24 bits per heavy atom. The molecule has 0 bridgehead atoms. The van der Waals surface area contributed by atoms with Crippen LogP contribution in [0.15, 0.2) is 0 Å². The molecule has 1 aliphatic carbocycles. The molecule has 2 aliphatic rings. The number of carbonyl (C=O) groups is 1. The lowest BCUT2D eigenvalue weighted by molar-refractivity contribution is -0.898. The summed E-state index contributed by atoms with van der Waals surface area (Å²) < 4.78 is 0. The molecule has 1 aromatic heterocycles. The lowest BCUT2D eigenvalue weighted by atomic mass is 9.86. The number of aryl methyl sites for hydroxylation is 1. The zero-order valence-corrected chi connectivity index (χ0v) is 13.3. The number of anilines is 1. The van der Waals surface area contributed by atoms with Crippen molar-refractivity contribution in [2.45, 2.75) is 33.6 Å². The number of aromatic nitrogens is 2. The lowest BCUT2D eigenvalue weighted by Gasteiger charge is -2.32. The molecular weight excluding hydrogens is 264 g/mol. The maximum Gasteiger partial charge on any atom is 0.226 e. The Labute approximate surface area is 126 Å². The van der Waals surface area contributed by atoms with Gasteiger partial charge in [0.05, 0.1) is 49.7 Å². The van der Waals surface area contributed by atoms with Crippen molar-refractivity contribution in [3.8, 4) is 0 Å². The summed E-state index contributed by atoms with van der Waals surface area (Å²) >= 11 is 0. The number of fused-ring (bicyclic) bond motifs is 1. The van der Waals surface area contributed by atoms with Crippen molar-refractivity contribution in [3.05, 3.63) is 17.0 Å². The summed E-state index contributed by atoms with van der Waals surface area (Å²) in [7, 11) is 0. The molecule has 5 nitrogen and oxygen atoms in total. The van der Waals surface area contributed by atoms with Gasteiger partial charge in [0.15, 0.2) is 5.78 Å². The van der Waals surface area contributed by atoms with Crippen LogP contribution < -0.4 is 9.80 Å². The molecule has 0 radical (unpaired) electrons. The average Bonchev–Trinajstić information content (AvgIpc) is 2.46. The van der Waals surface area contributed by atoms with E-state index in [0.717, 1.165) is 55.5 Å². The van der Waals surface area contributed by atoms with Crippen molar-refractivity contribution < 1.29 is 9.69 Å². The van der Waals surface area contributed by atoms with Gasteiger partial charge in [-0.15, -0.1) is 0 Å². The number of quaternary nitrogens is 1. The van der Waals surface area contributed by atoms with Crippen LogP contribution in [-0.2, 0) is 6.42 Å². The fraction of sp³-hybridized carbons (Fsp3) is 0.688. The van der Waals surface area contributed by atoms with E-state index in [9.17, 15) is 4.79 Å². The van der Waals surface area contributed by atoms with Gasteiger partial charge in [0.1, 0.15) is 0 Å². The second kappa shape index (κ2) is 5.72. The van der Waals surface area contributed by atoms with E-state index >= 15 is 0 Å². The number of piperazine rings is 1. The predicted octanol–water partition coefficient (Wildman–Crippen LogP) is 0.275. The summed E-state index contributed by atoms with van der Waals surface area (Å²) in [5, 5.41) is 0. The van der Waals surface area contributed by atoms with Gasteiger partial charge in [-0.05, 0) is 26.2 Å². The summed E-state index contributed by atoms with van der Waals surface area (Å²) in [5.74, 6) is 1.44. The molecule has 1 fully saturated rings. The minimum absolute atomic E-state index is 0.216. The van der Waals surface area contributed by atoms with Gasteiger partial charge >= 0.3 is 0 Å². The monoisotopic (exact) mass is 289 g/mol. The van der Waals surface area contributed by atoms with Crippen molar-refractivity contribution in [3.63, 3.8) is 0 Å². The molecule has 1 aromatic rings. The summed E-state index contributed by atoms with van der Waals surface area (Å²) in [6.07, 6.45) is 1.53. The second-order valence-electron chi connectivity index (χ2n) is 6.46. The van der Waals surface area contributed by atoms with E-state index in [0.29, 0.717) is 12.3 Å². The predicted molar refractivity (Wildman–Crippen MR) is 82.0 cm³/mol. The third-order valence-electron chi connectivity index (χ3n) is 4.76. The number of hydrogen-bond acceptors (Lipinski definition) is 4. The normalized spacial score (nSPS) is 23.3. The Balaban J connectivity index is 1.86. The molecule has 0 spiro atoms. The fourth-order valence-electron chi connectivity index (χ4n) is 3.47. The van der Waals surface area contributed by atoms with Crippen molar-refractivity contribution in [2.24, 2.45) is 5.92 Å². The number of nitrogens with one attached hydrogen (secondary N) is 1. The first-order valence-corrected chi connectivity index (χ1v) is 8.07. The van der Waals surface area contributed by atoms with E-state index in [1.165, 1.54) is 6.54 Å². The Morgan fingerprint density at radius 2 is 1.95 bits per heavy atom. The average molecular weight is 289 g/mol. The third kappa shape index (κ3) is 2.79. The molecule has 21 heavy (non-hydrogen) atoms. The molecule has 0 aromatic carbocycles. The maximum absolute atomic E-state index is 12.2. The van der Waals surface area contributed by atoms with E-state index in [2.05, 4.69) is 23.7 Å². The van der Waals surface area contributed by atoms with E-state index in [-0.39, 0.29) is 5.78 Å². The van der Waals surface area contributed by atoms with Crippen LogP contribution in [0.2, 0.25) is 0 Å². The van der Waals surface area contributed by atoms with Crippen LogP contribution in [0.3, 0.4) is 0 Å². The van der Waals surface area contributed by atoms with Crippen LogP contribution in [0, 0.1) is 12.8 Å². The van der Waals surface area contributed by atoms with Gasteiger partial charge in [-0.3, -0.25) is 4.79 Å². The smallest absolute Gasteiger partial charge is 0.226 e. The largest absolute Gasteiger partial charge is 0.332 e. The highest BCUT2D eigenvalue weighted by molar-refractivity contribution is 5.99. The van der Waals surface area contributed by atoms with E-state index in [1.807, 2.05) is 6.92 Å². The number of hydrogen-bond donors (Lipinski definition) is 1. The van der Waals surface area contributed by atoms with E-state index in [1.54, 1.807) is 4.90 Å². The number of ketones is 1. The first-order chi connectivity index (χ1) is 10.1. The lowest BCUT2D eigenvalue weighted by Crippen LogP contribution is -3.14. The minimum atomic E-state index is 0.216. The van der Waals surface area contributed by atoms with Crippen molar-refractivity contribution in [1.82, 2.24) is 9.97 Å². The van der Waals surface area contributed by atoms with Crippen molar-refractivity contribution in [1.29, 1.82) is 0 Å². The molecule has 1 atom stereocenters. The molecule has 0 amide bonds. The first kappa shape index (κ1) is 14.4. The van der Waals surface area contributed by atoms with Gasteiger partial charge in [0.2, 0.25) is 5.95 Å². The minimum Gasteiger partial charge on any atom is -0.332 e. The maximum atomic E-state index is 12.2. The summed E-state index contributed by atoms with van der Waals surface area (Å²) in [4.78, 5) is 25.5. The first-order valence-electron chi connectivity index (χ1n) is 8.07. The van der Waals surface area contributed by atoms with Crippen LogP contribution in [0.25, 0.3) is 0 Å². The molecule has 0 unspecified atom stereocenters. The fourth-order valence-corrected chi connectivity index (χ4v) is 3.47. The molecule has 2 heterocycles. The van der Waals surface area contributed by atoms with Crippen LogP contribution in [0.1, 0.15) is 42.0 Å². The molecule has 1 N–H and O–H groups in total. The van der Waals surface area contributed by atoms with E-state index < -0.39 is 0 Å². The quantitative estimate of drug-likeness (QED) is 0.849. The zero-order valence-electron chi connectivity index (χ0n) is 13.3. The molecular formula is C16H25N4O+. The van der Waals surface area contributed by atoms with Gasteiger partial charge in [-0.25, -0.2) is 9.97 Å². The number of nitrogens with zero attached hydrogens (tertiary/aromatic N) is 3. The number of carbonyl (C=O) groups excluding carboxylic acids is 1. The molecule has 114 valence electrons. The SMILES string of the molecule is CC[NH+]1CCN(c2nc(C)c3c(n2)C[C@@H](C)CC3=O)CC1. The molecule has 1 aliphatic heterocycles. The molecule has 5 heteroatoms. The highest BCUT2D eigenvalue weighted by Crippen LogP contribution is 2.27. The van der Waals surface area contributed by atoms with Crippen LogP contribution >= 0.6 is 0 Å². The Bertz CT molecular complexity index is 549. The Kier molecular flexibility index (Phi) is 3.93. The van der Waals surface area contributed by atoms with Crippen LogP contribution in [0.5, 0.6) is 0 Å². The van der Waals surface area contributed by atoms with Crippen LogP contribution in [0.4, 0.5) is 5.95 Å². The van der Waals surface area contributed by atoms with Gasteiger partial charge < -0.3 is 9.80 Å². The highest BCUT2D eigenvalue weighted by Gasteiger charge is 2.28. The van der Waals surface area contributed by atoms with Gasteiger partial charge in [0.25, 0.3) is 0 Å². The Hall–Kier alpha value is -1.49. The third-order valence-corrected chi connectivity index (χ3v) is 4.76.